The number of nitriles is 1. The van der Waals surface area contributed by atoms with Gasteiger partial charge in [-0.3, -0.25) is 4.18 Å². The lowest BCUT2D eigenvalue weighted by Crippen LogP contribution is -2.12. The summed E-state index contributed by atoms with van der Waals surface area (Å²) in [7, 11) is -3.84. The fourth-order valence-corrected chi connectivity index (χ4v) is 2.74. The van der Waals surface area contributed by atoms with Crippen LogP contribution in [0.4, 0.5) is 0 Å². The van der Waals surface area contributed by atoms with Gasteiger partial charge in [0, 0.05) is 0 Å². The zero-order valence-electron chi connectivity index (χ0n) is 11.6. The Morgan fingerprint density at radius 2 is 1.71 bits per heavy atom. The van der Waals surface area contributed by atoms with Crippen LogP contribution in [0.5, 0.6) is 0 Å². The first-order chi connectivity index (χ1) is 10.0. The van der Waals surface area contributed by atoms with E-state index in [1.165, 1.54) is 12.1 Å². The summed E-state index contributed by atoms with van der Waals surface area (Å²) in [5.41, 5.74) is 1.70. The number of hydrogen-bond acceptors (Lipinski definition) is 4. The van der Waals surface area contributed by atoms with Crippen molar-refractivity contribution in [1.29, 1.82) is 5.26 Å². The molecule has 0 fully saturated rings. The number of hydrogen-bond donors (Lipinski definition) is 0. The van der Waals surface area contributed by atoms with Gasteiger partial charge in [-0.1, -0.05) is 48.0 Å². The van der Waals surface area contributed by atoms with E-state index in [1.807, 2.05) is 13.0 Å². The molecule has 0 aliphatic carbocycles. The molecule has 2 rings (SSSR count). The molecule has 0 bridgehead atoms. The van der Waals surface area contributed by atoms with Crippen LogP contribution < -0.4 is 0 Å². The summed E-state index contributed by atoms with van der Waals surface area (Å²) >= 11 is 0. The van der Waals surface area contributed by atoms with Gasteiger partial charge in [0.05, 0.1) is 23.5 Å². The van der Waals surface area contributed by atoms with Crippen LogP contribution in [0.2, 0.25) is 0 Å². The lowest BCUT2D eigenvalue weighted by atomic mass is 10.0. The number of aryl methyl sites for hydroxylation is 1. The Labute approximate surface area is 124 Å². The van der Waals surface area contributed by atoms with Crippen molar-refractivity contribution in [2.24, 2.45) is 0 Å². The van der Waals surface area contributed by atoms with Crippen molar-refractivity contribution in [1.82, 2.24) is 0 Å². The minimum absolute atomic E-state index is 0.0952. The van der Waals surface area contributed by atoms with Crippen LogP contribution in [0.15, 0.2) is 59.5 Å². The summed E-state index contributed by atoms with van der Waals surface area (Å²) < 4.78 is 29.1. The normalized spacial score (nSPS) is 12.6. The van der Waals surface area contributed by atoms with Gasteiger partial charge in [-0.25, -0.2) is 0 Å². The van der Waals surface area contributed by atoms with Gasteiger partial charge in [0.2, 0.25) is 0 Å². The number of benzene rings is 2. The van der Waals surface area contributed by atoms with Crippen LogP contribution in [-0.2, 0) is 14.3 Å². The molecule has 0 heterocycles. The van der Waals surface area contributed by atoms with Crippen LogP contribution in [0.25, 0.3) is 0 Å². The molecule has 0 radical (unpaired) electrons. The molecule has 2 aromatic rings. The first-order valence-electron chi connectivity index (χ1n) is 6.43. The summed E-state index contributed by atoms with van der Waals surface area (Å²) in [5, 5.41) is 9.16. The molecule has 0 amide bonds. The van der Waals surface area contributed by atoms with Crippen molar-refractivity contribution in [3.63, 3.8) is 0 Å². The highest BCUT2D eigenvalue weighted by Gasteiger charge is 2.19. The van der Waals surface area contributed by atoms with Crippen LogP contribution >= 0.6 is 0 Å². The second-order valence-corrected chi connectivity index (χ2v) is 6.26. The minimum atomic E-state index is -3.84. The van der Waals surface area contributed by atoms with E-state index < -0.39 is 16.0 Å². The van der Waals surface area contributed by atoms with Crippen LogP contribution in [0.1, 0.15) is 17.0 Å². The summed E-state index contributed by atoms with van der Waals surface area (Å²) in [5.74, 6) is -0.619. The second kappa shape index (κ2) is 6.53. The maximum absolute atomic E-state index is 12.1. The SMILES string of the molecule is Cc1ccc(S(=O)(=O)OCC(C#N)c2ccccc2)cc1. The lowest BCUT2D eigenvalue weighted by molar-refractivity contribution is 0.310. The lowest BCUT2D eigenvalue weighted by Gasteiger charge is -2.10. The monoisotopic (exact) mass is 301 g/mol. The molecule has 0 N–H and O–H groups in total. The molecule has 5 heteroatoms. The highest BCUT2D eigenvalue weighted by Crippen LogP contribution is 2.19. The van der Waals surface area contributed by atoms with Gasteiger partial charge in [-0.15, -0.1) is 0 Å². The van der Waals surface area contributed by atoms with Gasteiger partial charge >= 0.3 is 0 Å². The molecule has 0 saturated heterocycles. The van der Waals surface area contributed by atoms with E-state index in [0.717, 1.165) is 11.1 Å². The van der Waals surface area contributed by atoms with Crippen molar-refractivity contribution >= 4 is 10.1 Å². The third kappa shape index (κ3) is 3.91. The van der Waals surface area contributed by atoms with Crippen LogP contribution in [-0.4, -0.2) is 15.0 Å². The highest BCUT2D eigenvalue weighted by molar-refractivity contribution is 7.86. The zero-order chi connectivity index (χ0) is 15.3. The molecule has 0 aromatic heterocycles. The molecule has 0 spiro atoms. The Kier molecular flexibility index (Phi) is 4.73. The molecular weight excluding hydrogens is 286 g/mol. The van der Waals surface area contributed by atoms with Gasteiger partial charge in [-0.05, 0) is 24.6 Å². The van der Waals surface area contributed by atoms with Crippen molar-refractivity contribution in [2.75, 3.05) is 6.61 Å². The molecule has 108 valence electrons. The van der Waals surface area contributed by atoms with E-state index in [2.05, 4.69) is 6.07 Å². The molecule has 0 saturated carbocycles. The second-order valence-electron chi connectivity index (χ2n) is 4.64. The average molecular weight is 301 g/mol. The van der Waals surface area contributed by atoms with E-state index in [4.69, 9.17) is 9.44 Å². The average Bonchev–Trinajstić information content (AvgIpc) is 2.49. The molecule has 1 atom stereocenters. The van der Waals surface area contributed by atoms with Crippen molar-refractivity contribution in [3.05, 3.63) is 65.7 Å². The smallest absolute Gasteiger partial charge is 0.265 e. The van der Waals surface area contributed by atoms with Crippen LogP contribution in [0, 0.1) is 18.3 Å². The van der Waals surface area contributed by atoms with E-state index in [-0.39, 0.29) is 11.5 Å². The van der Waals surface area contributed by atoms with Crippen molar-refractivity contribution in [3.8, 4) is 6.07 Å². The Hall–Kier alpha value is -2.16. The zero-order valence-corrected chi connectivity index (χ0v) is 12.4. The van der Waals surface area contributed by atoms with E-state index >= 15 is 0 Å². The highest BCUT2D eigenvalue weighted by atomic mass is 32.2. The van der Waals surface area contributed by atoms with E-state index in [1.54, 1.807) is 36.4 Å². The van der Waals surface area contributed by atoms with Crippen LogP contribution in [0.3, 0.4) is 0 Å². The maximum atomic E-state index is 12.1. The Morgan fingerprint density at radius 1 is 1.10 bits per heavy atom. The van der Waals surface area contributed by atoms with E-state index in [9.17, 15) is 8.42 Å². The molecule has 0 aliphatic heterocycles. The first-order valence-corrected chi connectivity index (χ1v) is 7.84. The topological polar surface area (TPSA) is 67.2 Å². The molecule has 21 heavy (non-hydrogen) atoms. The number of nitrogens with zero attached hydrogens (tertiary/aromatic N) is 1. The summed E-state index contributed by atoms with van der Waals surface area (Å²) in [4.78, 5) is 0.0952. The van der Waals surface area contributed by atoms with Crippen molar-refractivity contribution < 1.29 is 12.6 Å². The standard InChI is InChI=1S/C16H15NO3S/c1-13-7-9-16(10-8-13)21(18,19)20-12-15(11-17)14-5-3-2-4-6-14/h2-10,15H,12H2,1H3. The molecule has 0 aliphatic rings. The summed E-state index contributed by atoms with van der Waals surface area (Å²) in [6.45, 7) is 1.68. The third-order valence-corrected chi connectivity index (χ3v) is 4.35. The molecular formula is C16H15NO3S. The number of rotatable bonds is 5. The van der Waals surface area contributed by atoms with E-state index in [0.29, 0.717) is 0 Å². The van der Waals surface area contributed by atoms with Gasteiger partial charge in [0.15, 0.2) is 0 Å². The largest absolute Gasteiger partial charge is 0.297 e. The Morgan fingerprint density at radius 3 is 2.29 bits per heavy atom. The maximum Gasteiger partial charge on any atom is 0.297 e. The third-order valence-electron chi connectivity index (χ3n) is 3.06. The molecule has 4 nitrogen and oxygen atoms in total. The first kappa shape index (κ1) is 15.2. The van der Waals surface area contributed by atoms with Gasteiger partial charge in [0.1, 0.15) is 0 Å². The summed E-state index contributed by atoms with van der Waals surface area (Å²) in [6.07, 6.45) is 0. The fraction of sp³-hybridized carbons (Fsp3) is 0.188. The summed E-state index contributed by atoms with van der Waals surface area (Å²) in [6, 6.07) is 17.4. The van der Waals surface area contributed by atoms with Gasteiger partial charge in [-0.2, -0.15) is 13.7 Å². The molecule has 1 unspecified atom stereocenters. The molecule has 2 aromatic carbocycles. The van der Waals surface area contributed by atoms with Gasteiger partial charge < -0.3 is 0 Å². The minimum Gasteiger partial charge on any atom is -0.265 e. The quantitative estimate of drug-likeness (QED) is 0.796. The van der Waals surface area contributed by atoms with Gasteiger partial charge in [0.25, 0.3) is 10.1 Å². The Bertz CT molecular complexity index is 731. The fourth-order valence-electron chi connectivity index (χ4n) is 1.82. The Balaban J connectivity index is 2.11. The predicted molar refractivity (Wildman–Crippen MR) is 79.1 cm³/mol. The predicted octanol–water partition coefficient (Wildman–Crippen LogP) is 3.01. The van der Waals surface area contributed by atoms with Crippen molar-refractivity contribution in [2.45, 2.75) is 17.7 Å².